The summed E-state index contributed by atoms with van der Waals surface area (Å²) in [5.41, 5.74) is 1.35. The third-order valence-corrected chi connectivity index (χ3v) is 13.5. The van der Waals surface area contributed by atoms with E-state index in [4.69, 9.17) is 0 Å². The van der Waals surface area contributed by atoms with Crippen molar-refractivity contribution in [3.05, 3.63) is 12.2 Å². The number of allylic oxidation sites excluding steroid dienone is 1. The molecule has 0 radical (unpaired) electrons. The molecule has 0 aromatic rings. The second kappa shape index (κ2) is 7.11. The Kier molecular flexibility index (Phi) is 5.15. The lowest BCUT2D eigenvalue weighted by atomic mass is 9.32. The first kappa shape index (κ1) is 23.9. The van der Waals surface area contributed by atoms with Crippen molar-refractivity contribution in [2.45, 2.75) is 112 Å². The molecule has 0 amide bonds. The SMILES string of the molecule is C=C(C)[C@@H]1CC[C@]2(C(=O)O)CC[C@]3(C)C(CCC4[C@@]5(C)CC[C@H](O)C(C)(C)C5CC[C@]43C)[C@@H]12. The largest absolute Gasteiger partial charge is 0.481 e. The third-order valence-electron chi connectivity index (χ3n) is 13.5. The molecule has 0 aliphatic heterocycles. The van der Waals surface area contributed by atoms with Crippen molar-refractivity contribution in [1.82, 2.24) is 0 Å². The summed E-state index contributed by atoms with van der Waals surface area (Å²) in [5, 5.41) is 21.4. The lowest BCUT2D eigenvalue weighted by Gasteiger charge is -2.72. The van der Waals surface area contributed by atoms with Gasteiger partial charge in [0.2, 0.25) is 0 Å². The van der Waals surface area contributed by atoms with Crippen LogP contribution in [0.2, 0.25) is 0 Å². The van der Waals surface area contributed by atoms with E-state index in [1.807, 2.05) is 0 Å². The van der Waals surface area contributed by atoms with Crippen LogP contribution in [0, 0.1) is 56.7 Å². The first-order valence-corrected chi connectivity index (χ1v) is 13.8. The van der Waals surface area contributed by atoms with Gasteiger partial charge in [-0.25, -0.2) is 0 Å². The number of aliphatic hydroxyl groups excluding tert-OH is 1. The maximum absolute atomic E-state index is 12.8. The number of fused-ring (bicyclic) bond motifs is 7. The molecule has 5 aliphatic rings. The fourth-order valence-corrected chi connectivity index (χ4v) is 11.5. The van der Waals surface area contributed by atoms with Gasteiger partial charge in [-0.3, -0.25) is 4.79 Å². The predicted molar refractivity (Wildman–Crippen MR) is 133 cm³/mol. The lowest BCUT2D eigenvalue weighted by molar-refractivity contribution is -0.248. The Morgan fingerprint density at radius 1 is 0.818 bits per heavy atom. The summed E-state index contributed by atoms with van der Waals surface area (Å²) in [6.45, 7) is 18.8. The molecule has 0 spiro atoms. The first-order chi connectivity index (χ1) is 15.3. The van der Waals surface area contributed by atoms with Crippen molar-refractivity contribution in [2.24, 2.45) is 56.7 Å². The van der Waals surface area contributed by atoms with Crippen LogP contribution in [0.3, 0.4) is 0 Å². The van der Waals surface area contributed by atoms with E-state index < -0.39 is 11.4 Å². The molecule has 10 atom stereocenters. The van der Waals surface area contributed by atoms with E-state index in [1.165, 1.54) is 31.3 Å². The number of hydrogen-bond donors (Lipinski definition) is 2. The average molecular weight is 457 g/mol. The molecule has 5 rings (SSSR count). The minimum atomic E-state index is -0.538. The molecule has 5 saturated carbocycles. The zero-order valence-electron chi connectivity index (χ0n) is 22.0. The Labute approximate surface area is 201 Å². The average Bonchev–Trinajstić information content (AvgIpc) is 3.13. The van der Waals surface area contributed by atoms with Gasteiger partial charge in [-0.05, 0) is 122 Å². The Morgan fingerprint density at radius 3 is 2.15 bits per heavy atom. The lowest BCUT2D eigenvalue weighted by Crippen LogP contribution is -2.67. The van der Waals surface area contributed by atoms with Gasteiger partial charge in [-0.2, -0.15) is 0 Å². The van der Waals surface area contributed by atoms with Crippen molar-refractivity contribution < 1.29 is 15.0 Å². The number of aliphatic hydroxyl groups is 1. The van der Waals surface area contributed by atoms with Crippen LogP contribution in [0.1, 0.15) is 106 Å². The second-order valence-electron chi connectivity index (χ2n) is 14.5. The molecule has 0 bridgehead atoms. The molecule has 5 fully saturated rings. The molecular formula is C30H48O3. The van der Waals surface area contributed by atoms with Crippen LogP contribution in [0.15, 0.2) is 12.2 Å². The second-order valence-corrected chi connectivity index (χ2v) is 14.5. The molecule has 0 aromatic heterocycles. The molecule has 3 heteroatoms. The van der Waals surface area contributed by atoms with Crippen molar-refractivity contribution in [3.8, 4) is 0 Å². The molecule has 2 N–H and O–H groups in total. The van der Waals surface area contributed by atoms with Gasteiger partial charge < -0.3 is 10.2 Å². The van der Waals surface area contributed by atoms with Crippen LogP contribution in [-0.2, 0) is 4.79 Å². The smallest absolute Gasteiger partial charge is 0.309 e. The highest BCUT2D eigenvalue weighted by atomic mass is 16.4. The quantitative estimate of drug-likeness (QED) is 0.436. The molecule has 0 heterocycles. The van der Waals surface area contributed by atoms with Crippen LogP contribution in [0.4, 0.5) is 0 Å². The fraction of sp³-hybridized carbons (Fsp3) is 0.900. The third kappa shape index (κ3) is 2.75. The zero-order chi connectivity index (χ0) is 24.2. The van der Waals surface area contributed by atoms with Gasteiger partial charge in [-0.15, -0.1) is 0 Å². The first-order valence-electron chi connectivity index (χ1n) is 13.8. The monoisotopic (exact) mass is 456 g/mol. The molecule has 0 saturated heterocycles. The topological polar surface area (TPSA) is 57.5 Å². The van der Waals surface area contributed by atoms with Gasteiger partial charge in [0.25, 0.3) is 0 Å². The Morgan fingerprint density at radius 2 is 1.52 bits per heavy atom. The minimum Gasteiger partial charge on any atom is -0.481 e. The van der Waals surface area contributed by atoms with E-state index in [9.17, 15) is 15.0 Å². The van der Waals surface area contributed by atoms with Crippen LogP contribution < -0.4 is 0 Å². The van der Waals surface area contributed by atoms with Crippen LogP contribution in [0.5, 0.6) is 0 Å². The molecule has 3 nitrogen and oxygen atoms in total. The van der Waals surface area contributed by atoms with Crippen molar-refractivity contribution >= 4 is 5.97 Å². The summed E-state index contributed by atoms with van der Waals surface area (Å²) in [6, 6.07) is 0. The van der Waals surface area contributed by atoms with E-state index in [2.05, 4.69) is 48.1 Å². The zero-order valence-corrected chi connectivity index (χ0v) is 22.0. The molecule has 0 aromatic carbocycles. The Hall–Kier alpha value is -0.830. The molecule has 3 unspecified atom stereocenters. The summed E-state index contributed by atoms with van der Waals surface area (Å²) >= 11 is 0. The number of rotatable bonds is 2. The summed E-state index contributed by atoms with van der Waals surface area (Å²) in [6.07, 6.45) is 10.5. The molecule has 33 heavy (non-hydrogen) atoms. The Balaban J connectivity index is 1.57. The molecule has 186 valence electrons. The van der Waals surface area contributed by atoms with E-state index >= 15 is 0 Å². The standard InChI is InChI=1S/C30H48O3/c1-18(2)19-10-15-30(25(32)33)17-16-28(6)20(24(19)30)8-9-22-27(5)13-12-23(31)26(3,4)21(27)11-14-29(22,28)7/h19-24,31H,1,8-17H2,2-7H3,(H,32,33)/t19-,20?,21?,22?,23-,24+,27-,28+,29+,30-/m0/s1. The van der Waals surface area contributed by atoms with Crippen LogP contribution in [-0.4, -0.2) is 22.3 Å². The minimum absolute atomic E-state index is 0.0202. The maximum atomic E-state index is 12.8. The van der Waals surface area contributed by atoms with E-state index in [-0.39, 0.29) is 33.7 Å². The van der Waals surface area contributed by atoms with E-state index in [1.54, 1.807) is 0 Å². The van der Waals surface area contributed by atoms with Crippen molar-refractivity contribution in [3.63, 3.8) is 0 Å². The Bertz CT molecular complexity index is 861. The van der Waals surface area contributed by atoms with E-state index in [0.717, 1.165) is 38.5 Å². The van der Waals surface area contributed by atoms with E-state index in [0.29, 0.717) is 23.7 Å². The van der Waals surface area contributed by atoms with Gasteiger partial charge in [-0.1, -0.05) is 46.8 Å². The van der Waals surface area contributed by atoms with Gasteiger partial charge in [0.1, 0.15) is 0 Å². The van der Waals surface area contributed by atoms with Crippen molar-refractivity contribution in [1.29, 1.82) is 0 Å². The number of aliphatic carboxylic acids is 1. The summed E-state index contributed by atoms with van der Waals surface area (Å²) in [5.74, 6) is 1.79. The van der Waals surface area contributed by atoms with Gasteiger partial charge in [0.05, 0.1) is 11.5 Å². The highest BCUT2D eigenvalue weighted by Crippen LogP contribution is 2.77. The predicted octanol–water partition coefficient (Wildman–Crippen LogP) is 7.09. The van der Waals surface area contributed by atoms with Crippen LogP contribution in [0.25, 0.3) is 0 Å². The number of carbonyl (C=O) groups is 1. The van der Waals surface area contributed by atoms with Crippen molar-refractivity contribution in [2.75, 3.05) is 0 Å². The van der Waals surface area contributed by atoms with Gasteiger partial charge in [0.15, 0.2) is 0 Å². The number of carboxylic acid groups (broad SMARTS) is 1. The highest BCUT2D eigenvalue weighted by Gasteiger charge is 2.71. The summed E-state index contributed by atoms with van der Waals surface area (Å²) in [7, 11) is 0. The molecular weight excluding hydrogens is 408 g/mol. The fourth-order valence-electron chi connectivity index (χ4n) is 11.5. The summed E-state index contributed by atoms with van der Waals surface area (Å²) < 4.78 is 0. The highest BCUT2D eigenvalue weighted by molar-refractivity contribution is 5.76. The normalized spacial score (nSPS) is 55.0. The van der Waals surface area contributed by atoms with Gasteiger partial charge in [0, 0.05) is 0 Å². The molecule has 5 aliphatic carbocycles. The number of carboxylic acids is 1. The summed E-state index contributed by atoms with van der Waals surface area (Å²) in [4.78, 5) is 12.8. The van der Waals surface area contributed by atoms with Gasteiger partial charge >= 0.3 is 5.97 Å². The maximum Gasteiger partial charge on any atom is 0.309 e. The van der Waals surface area contributed by atoms with Crippen LogP contribution >= 0.6 is 0 Å². The number of hydrogen-bond acceptors (Lipinski definition) is 2.